The molecule has 7 heteroatoms. The molecule has 3 heterocycles. The zero-order valence-electron chi connectivity index (χ0n) is 21.2. The monoisotopic (exact) mass is 489 g/mol. The first-order chi connectivity index (χ1) is 17.5. The fourth-order valence-corrected chi connectivity index (χ4v) is 5.81. The summed E-state index contributed by atoms with van der Waals surface area (Å²) in [5, 5.41) is 0. The first-order valence-corrected chi connectivity index (χ1v) is 13.1. The quantitative estimate of drug-likeness (QED) is 0.574. The maximum atomic E-state index is 13.5. The van der Waals surface area contributed by atoms with E-state index in [1.807, 2.05) is 41.3 Å². The highest BCUT2D eigenvalue weighted by Crippen LogP contribution is 2.35. The van der Waals surface area contributed by atoms with Gasteiger partial charge < -0.3 is 14.5 Å². The number of methoxy groups -OCH3 is 1. The van der Waals surface area contributed by atoms with Crippen LogP contribution in [0, 0.1) is 11.8 Å². The van der Waals surface area contributed by atoms with E-state index in [0.717, 1.165) is 62.3 Å². The number of carbonyl (C=O) groups excluding carboxylic acids is 3. The van der Waals surface area contributed by atoms with E-state index in [1.165, 1.54) is 4.90 Å². The van der Waals surface area contributed by atoms with Crippen LogP contribution in [-0.2, 0) is 11.2 Å². The molecule has 36 heavy (non-hydrogen) atoms. The number of ether oxygens (including phenoxy) is 1. The predicted octanol–water partition coefficient (Wildman–Crippen LogP) is 4.01. The van der Waals surface area contributed by atoms with Crippen LogP contribution in [0.2, 0.25) is 0 Å². The molecule has 2 aromatic carbocycles. The summed E-state index contributed by atoms with van der Waals surface area (Å²) in [6, 6.07) is 13.2. The standard InChI is InChI=1S/C29H35N3O4/c1-20-12-16-30(17-13-20)27(33)22-8-6-15-31(19-22)24-10-5-9-23-26(24)29(35)32(28(23)34)18-14-21-7-3-4-11-25(21)36-2/h3-5,7,9-11,20,22H,6,8,12-19H2,1-2H3. The van der Waals surface area contributed by atoms with Crippen LogP contribution < -0.4 is 9.64 Å². The zero-order chi connectivity index (χ0) is 25.2. The van der Waals surface area contributed by atoms with E-state index in [-0.39, 0.29) is 23.6 Å². The Labute approximate surface area is 213 Å². The van der Waals surface area contributed by atoms with Crippen LogP contribution in [0.5, 0.6) is 5.75 Å². The summed E-state index contributed by atoms with van der Waals surface area (Å²) in [7, 11) is 1.62. The lowest BCUT2D eigenvalue weighted by molar-refractivity contribution is -0.137. The van der Waals surface area contributed by atoms with Crippen LogP contribution in [0.3, 0.4) is 0 Å². The van der Waals surface area contributed by atoms with E-state index in [9.17, 15) is 14.4 Å². The van der Waals surface area contributed by atoms with Gasteiger partial charge in [-0.1, -0.05) is 31.2 Å². The summed E-state index contributed by atoms with van der Waals surface area (Å²) in [5.74, 6) is 1.09. The number of amides is 3. The van der Waals surface area contributed by atoms with E-state index in [1.54, 1.807) is 13.2 Å². The van der Waals surface area contributed by atoms with Gasteiger partial charge in [0.1, 0.15) is 5.75 Å². The summed E-state index contributed by atoms with van der Waals surface area (Å²) in [6.07, 6.45) is 4.42. The van der Waals surface area contributed by atoms with Crippen LogP contribution in [0.15, 0.2) is 42.5 Å². The number of fused-ring (bicyclic) bond motifs is 1. The van der Waals surface area contributed by atoms with Crippen LogP contribution in [0.25, 0.3) is 0 Å². The topological polar surface area (TPSA) is 70.2 Å². The van der Waals surface area contributed by atoms with Crippen molar-refractivity contribution in [3.63, 3.8) is 0 Å². The molecule has 190 valence electrons. The number of piperidine rings is 2. The number of rotatable bonds is 6. The van der Waals surface area contributed by atoms with Crippen molar-refractivity contribution in [3.05, 3.63) is 59.2 Å². The summed E-state index contributed by atoms with van der Waals surface area (Å²) >= 11 is 0. The molecule has 2 aromatic rings. The first kappa shape index (κ1) is 24.3. The van der Waals surface area contributed by atoms with E-state index >= 15 is 0 Å². The molecule has 2 fully saturated rings. The predicted molar refractivity (Wildman–Crippen MR) is 138 cm³/mol. The van der Waals surface area contributed by atoms with Crippen molar-refractivity contribution < 1.29 is 19.1 Å². The molecule has 0 saturated carbocycles. The Morgan fingerprint density at radius 2 is 1.75 bits per heavy atom. The Hall–Kier alpha value is -3.35. The number of likely N-dealkylation sites (tertiary alicyclic amines) is 1. The number of hydrogen-bond acceptors (Lipinski definition) is 5. The lowest BCUT2D eigenvalue weighted by Crippen LogP contribution is -2.47. The SMILES string of the molecule is COc1ccccc1CCN1C(=O)c2cccc(N3CCCC(C(=O)N4CCC(C)CC4)C3)c2C1=O. The number of hydrogen-bond donors (Lipinski definition) is 0. The van der Waals surface area contributed by atoms with E-state index in [0.29, 0.717) is 36.6 Å². The first-order valence-electron chi connectivity index (χ1n) is 13.1. The lowest BCUT2D eigenvalue weighted by Gasteiger charge is -2.38. The summed E-state index contributed by atoms with van der Waals surface area (Å²) in [5.41, 5.74) is 2.66. The highest BCUT2D eigenvalue weighted by Gasteiger charge is 2.39. The molecule has 0 spiro atoms. The molecule has 1 unspecified atom stereocenters. The summed E-state index contributed by atoms with van der Waals surface area (Å²) in [6.45, 7) is 5.58. The minimum absolute atomic E-state index is 0.0723. The van der Waals surface area contributed by atoms with Crippen molar-refractivity contribution in [1.29, 1.82) is 0 Å². The van der Waals surface area contributed by atoms with Gasteiger partial charge in [-0.25, -0.2) is 0 Å². The van der Waals surface area contributed by atoms with Crippen LogP contribution >= 0.6 is 0 Å². The summed E-state index contributed by atoms with van der Waals surface area (Å²) < 4.78 is 5.43. The fraction of sp³-hybridized carbons (Fsp3) is 0.483. The molecule has 3 aliphatic rings. The molecule has 2 saturated heterocycles. The maximum absolute atomic E-state index is 13.5. The molecule has 0 bridgehead atoms. The van der Waals surface area contributed by atoms with Gasteiger partial charge in [0, 0.05) is 32.7 Å². The van der Waals surface area contributed by atoms with Crippen molar-refractivity contribution in [3.8, 4) is 5.75 Å². The Bertz CT molecular complexity index is 1150. The van der Waals surface area contributed by atoms with Crippen LogP contribution in [0.4, 0.5) is 5.69 Å². The number of nitrogens with zero attached hydrogens (tertiary/aromatic N) is 3. The van der Waals surface area contributed by atoms with Gasteiger partial charge in [0.2, 0.25) is 5.91 Å². The molecule has 0 aliphatic carbocycles. The molecule has 7 nitrogen and oxygen atoms in total. The second kappa shape index (κ2) is 10.3. The lowest BCUT2D eigenvalue weighted by atomic mass is 9.92. The van der Waals surface area contributed by atoms with Gasteiger partial charge in [0.15, 0.2) is 0 Å². The molecule has 1 atom stereocenters. The van der Waals surface area contributed by atoms with Gasteiger partial charge in [0.05, 0.1) is 29.8 Å². The number of carbonyl (C=O) groups is 3. The largest absolute Gasteiger partial charge is 0.496 e. The molecule has 0 N–H and O–H groups in total. The third-order valence-electron chi connectivity index (χ3n) is 7.98. The van der Waals surface area contributed by atoms with Gasteiger partial charge in [-0.05, 0) is 61.8 Å². The molecule has 3 amide bonds. The molecule has 0 radical (unpaired) electrons. The van der Waals surface area contributed by atoms with E-state index in [4.69, 9.17) is 4.74 Å². The summed E-state index contributed by atoms with van der Waals surface area (Å²) in [4.78, 5) is 45.5. The van der Waals surface area contributed by atoms with Gasteiger partial charge in [-0.15, -0.1) is 0 Å². The Morgan fingerprint density at radius 3 is 2.53 bits per heavy atom. The minimum Gasteiger partial charge on any atom is -0.496 e. The average molecular weight is 490 g/mol. The number of anilines is 1. The van der Waals surface area contributed by atoms with Gasteiger partial charge >= 0.3 is 0 Å². The highest BCUT2D eigenvalue weighted by molar-refractivity contribution is 6.23. The van der Waals surface area contributed by atoms with Crippen molar-refractivity contribution in [1.82, 2.24) is 9.80 Å². The third-order valence-corrected chi connectivity index (χ3v) is 7.98. The smallest absolute Gasteiger partial charge is 0.263 e. The molecular weight excluding hydrogens is 454 g/mol. The average Bonchev–Trinajstić information content (AvgIpc) is 3.16. The molecular formula is C29H35N3O4. The van der Waals surface area contributed by atoms with E-state index < -0.39 is 0 Å². The van der Waals surface area contributed by atoms with E-state index in [2.05, 4.69) is 11.8 Å². The van der Waals surface area contributed by atoms with Crippen molar-refractivity contribution in [2.24, 2.45) is 11.8 Å². The van der Waals surface area contributed by atoms with Gasteiger partial charge in [0.25, 0.3) is 11.8 Å². The Kier molecular flexibility index (Phi) is 6.99. The Balaban J connectivity index is 1.32. The molecule has 0 aromatic heterocycles. The van der Waals surface area contributed by atoms with Crippen molar-refractivity contribution >= 4 is 23.4 Å². The van der Waals surface area contributed by atoms with Crippen LogP contribution in [0.1, 0.15) is 58.9 Å². The molecule has 3 aliphatic heterocycles. The van der Waals surface area contributed by atoms with Gasteiger partial charge in [-0.3, -0.25) is 19.3 Å². The fourth-order valence-electron chi connectivity index (χ4n) is 5.81. The third kappa shape index (κ3) is 4.59. The van der Waals surface area contributed by atoms with Crippen molar-refractivity contribution in [2.75, 3.05) is 44.7 Å². The van der Waals surface area contributed by atoms with Crippen LogP contribution in [-0.4, -0.2) is 67.4 Å². The Morgan fingerprint density at radius 1 is 0.972 bits per heavy atom. The van der Waals surface area contributed by atoms with Gasteiger partial charge in [-0.2, -0.15) is 0 Å². The number of para-hydroxylation sites is 1. The number of benzene rings is 2. The highest BCUT2D eigenvalue weighted by atomic mass is 16.5. The second-order valence-electron chi connectivity index (χ2n) is 10.3. The van der Waals surface area contributed by atoms with Crippen molar-refractivity contribution in [2.45, 2.75) is 39.0 Å². The normalized spacial score (nSPS) is 20.6. The molecule has 5 rings (SSSR count). The zero-order valence-corrected chi connectivity index (χ0v) is 21.2. The number of imide groups is 1. The maximum Gasteiger partial charge on any atom is 0.263 e. The minimum atomic E-state index is -0.251. The second-order valence-corrected chi connectivity index (χ2v) is 10.3.